The lowest BCUT2D eigenvalue weighted by molar-refractivity contribution is 0.953. The highest BCUT2D eigenvalue weighted by Crippen LogP contribution is 2.41. The van der Waals surface area contributed by atoms with Crippen LogP contribution in [0, 0.1) is 0 Å². The predicted octanol–water partition coefficient (Wildman–Crippen LogP) is 11.1. The van der Waals surface area contributed by atoms with Crippen molar-refractivity contribution in [3.8, 4) is 45.5 Å². The van der Waals surface area contributed by atoms with Gasteiger partial charge in [0.1, 0.15) is 0 Å². The molecule has 7 aromatic carbocycles. The zero-order valence-electron chi connectivity index (χ0n) is 36.2. The Labute approximate surface area is 302 Å². The molecule has 0 N–H and O–H groups in total. The maximum atomic E-state index is 9.09. The highest BCUT2D eigenvalue weighted by atomic mass is 15.2. The second-order valence-corrected chi connectivity index (χ2v) is 11.8. The zero-order valence-corrected chi connectivity index (χ0v) is 26.2. The molecule has 3 aromatic heterocycles. The van der Waals surface area contributed by atoms with E-state index in [4.69, 9.17) is 28.7 Å². The molecular formula is C45H29N5. The van der Waals surface area contributed by atoms with Gasteiger partial charge >= 0.3 is 0 Å². The van der Waals surface area contributed by atoms with Crippen LogP contribution in [-0.2, 0) is 0 Å². The SMILES string of the molecule is [2H]c1c([2H])c([2H])c(-c2nc(-c3ccc(-c4ccccc4)cc3)nc(-n3c4ccccc4c4ccc5c6ccccc6n(-c6c([2H])c([2H])c([2H])c([2H])c6[2H])c5c43)n2)c([2H])c1[2H]. The van der Waals surface area contributed by atoms with E-state index in [0.717, 1.165) is 32.7 Å². The minimum Gasteiger partial charge on any atom is -0.307 e. The standard InChI is InChI=1S/C45H29N5/c1-4-14-30(15-5-1)31-24-26-33(27-25-31)44-46-43(32-16-6-2-7-17-32)47-45(48-44)50-40-23-13-11-21-36(40)38-29-28-37-35-20-10-12-22-39(35)49(41(37)42(38)50)34-18-8-3-9-19-34/h1-29H/i2D,3D,6D,7D,8D,9D,16D,17D,18D,19D. The lowest BCUT2D eigenvalue weighted by Crippen LogP contribution is -2.07. The van der Waals surface area contributed by atoms with Gasteiger partial charge in [-0.15, -0.1) is 0 Å². The van der Waals surface area contributed by atoms with Crippen molar-refractivity contribution in [3.63, 3.8) is 0 Å². The second kappa shape index (κ2) is 11.4. The maximum absolute atomic E-state index is 9.09. The topological polar surface area (TPSA) is 48.5 Å². The summed E-state index contributed by atoms with van der Waals surface area (Å²) >= 11 is 0. The highest BCUT2D eigenvalue weighted by Gasteiger charge is 2.23. The van der Waals surface area contributed by atoms with Crippen LogP contribution in [-0.4, -0.2) is 24.1 Å². The molecular weight excluding hydrogens is 611 g/mol. The van der Waals surface area contributed by atoms with E-state index >= 15 is 0 Å². The maximum Gasteiger partial charge on any atom is 0.238 e. The third-order valence-electron chi connectivity index (χ3n) is 8.98. The van der Waals surface area contributed by atoms with Gasteiger partial charge in [-0.05, 0) is 35.3 Å². The molecule has 0 amide bonds. The van der Waals surface area contributed by atoms with Crippen LogP contribution in [0.5, 0.6) is 0 Å². The quantitative estimate of drug-likeness (QED) is 0.186. The molecule has 10 rings (SSSR count). The summed E-state index contributed by atoms with van der Waals surface area (Å²) in [6.45, 7) is 0. The van der Waals surface area contributed by atoms with Crippen LogP contribution in [0.15, 0.2) is 176 Å². The van der Waals surface area contributed by atoms with Crippen molar-refractivity contribution in [1.82, 2.24) is 24.1 Å². The van der Waals surface area contributed by atoms with E-state index in [9.17, 15) is 0 Å². The van der Waals surface area contributed by atoms with E-state index in [1.165, 1.54) is 0 Å². The normalized spacial score (nSPS) is 14.4. The first-order chi connectivity index (χ1) is 29.0. The van der Waals surface area contributed by atoms with Gasteiger partial charge in [0, 0.05) is 38.4 Å². The van der Waals surface area contributed by atoms with Gasteiger partial charge in [-0.2, -0.15) is 9.97 Å². The molecule has 0 radical (unpaired) electrons. The molecule has 3 heterocycles. The van der Waals surface area contributed by atoms with Gasteiger partial charge in [-0.25, -0.2) is 4.98 Å². The summed E-state index contributed by atoms with van der Waals surface area (Å²) in [7, 11) is 0. The van der Waals surface area contributed by atoms with E-state index in [2.05, 4.69) is 0 Å². The fraction of sp³-hybridized carbons (Fsp3) is 0. The fourth-order valence-corrected chi connectivity index (χ4v) is 6.81. The van der Waals surface area contributed by atoms with Gasteiger partial charge < -0.3 is 4.57 Å². The van der Waals surface area contributed by atoms with E-state index < -0.39 is 48.3 Å². The summed E-state index contributed by atoms with van der Waals surface area (Å²) in [6, 6.07) is 31.6. The molecule has 10 aromatic rings. The second-order valence-electron chi connectivity index (χ2n) is 11.8. The molecule has 234 valence electrons. The molecule has 0 aliphatic heterocycles. The van der Waals surface area contributed by atoms with Crippen LogP contribution >= 0.6 is 0 Å². The number of hydrogen-bond acceptors (Lipinski definition) is 3. The third-order valence-corrected chi connectivity index (χ3v) is 8.98. The van der Waals surface area contributed by atoms with Gasteiger partial charge in [0.15, 0.2) is 11.6 Å². The summed E-state index contributed by atoms with van der Waals surface area (Å²) < 4.78 is 90.3. The van der Waals surface area contributed by atoms with Crippen LogP contribution in [0.25, 0.3) is 89.2 Å². The number of fused-ring (bicyclic) bond motifs is 7. The van der Waals surface area contributed by atoms with Gasteiger partial charge in [0.05, 0.1) is 35.8 Å². The fourth-order valence-electron chi connectivity index (χ4n) is 6.81. The van der Waals surface area contributed by atoms with E-state index in [-0.39, 0.29) is 40.9 Å². The summed E-state index contributed by atoms with van der Waals surface area (Å²) in [5.74, 6) is 0.0830. The molecule has 0 saturated carbocycles. The van der Waals surface area contributed by atoms with Crippen molar-refractivity contribution >= 4 is 43.6 Å². The van der Waals surface area contributed by atoms with Crippen LogP contribution in [0.3, 0.4) is 0 Å². The Morgan fingerprint density at radius 1 is 0.380 bits per heavy atom. The first-order valence-electron chi connectivity index (χ1n) is 21.0. The van der Waals surface area contributed by atoms with Crippen LogP contribution in [0.2, 0.25) is 0 Å². The van der Waals surface area contributed by atoms with Crippen molar-refractivity contribution in [2.75, 3.05) is 0 Å². The Balaban J connectivity index is 1.36. The van der Waals surface area contributed by atoms with Crippen molar-refractivity contribution in [2.45, 2.75) is 0 Å². The first kappa shape index (κ1) is 19.8. The Kier molecular flexibility index (Phi) is 4.52. The average Bonchev–Trinajstić information content (AvgIpc) is 3.80. The minimum absolute atomic E-state index is 0.0360. The number of benzene rings is 7. The summed E-state index contributed by atoms with van der Waals surface area (Å²) in [5, 5.41) is 3.04. The van der Waals surface area contributed by atoms with E-state index in [1.807, 2.05) is 115 Å². The largest absolute Gasteiger partial charge is 0.307 e. The zero-order chi connectivity index (χ0) is 41.7. The van der Waals surface area contributed by atoms with E-state index in [1.54, 1.807) is 9.13 Å². The number of aromatic nitrogens is 5. The Hall–Kier alpha value is -6.85. The molecule has 0 aliphatic carbocycles. The highest BCUT2D eigenvalue weighted by molar-refractivity contribution is 6.23. The molecule has 0 spiro atoms. The summed E-state index contributed by atoms with van der Waals surface area (Å²) in [5.41, 5.74) is 4.60. The lowest BCUT2D eigenvalue weighted by Gasteiger charge is -2.13. The minimum atomic E-state index is -0.551. The molecule has 0 aliphatic rings. The Bertz CT molecular complexity index is 3380. The first-order valence-corrected chi connectivity index (χ1v) is 16.0. The molecule has 50 heavy (non-hydrogen) atoms. The van der Waals surface area contributed by atoms with Crippen LogP contribution in [0.4, 0.5) is 0 Å². The van der Waals surface area contributed by atoms with Crippen molar-refractivity contribution < 1.29 is 13.7 Å². The number of nitrogens with zero attached hydrogens (tertiary/aromatic N) is 5. The van der Waals surface area contributed by atoms with E-state index in [0.29, 0.717) is 27.6 Å². The van der Waals surface area contributed by atoms with Gasteiger partial charge in [-0.3, -0.25) is 4.57 Å². The Morgan fingerprint density at radius 3 is 1.54 bits per heavy atom. The lowest BCUT2D eigenvalue weighted by atomic mass is 10.0. The number of para-hydroxylation sites is 3. The number of rotatable bonds is 5. The molecule has 5 heteroatoms. The van der Waals surface area contributed by atoms with Crippen molar-refractivity contribution in [3.05, 3.63) is 176 Å². The van der Waals surface area contributed by atoms with Gasteiger partial charge in [0.2, 0.25) is 5.95 Å². The number of hydrogen-bond donors (Lipinski definition) is 0. The molecule has 0 atom stereocenters. The summed E-state index contributed by atoms with van der Waals surface area (Å²) in [6.07, 6.45) is 0. The van der Waals surface area contributed by atoms with Crippen LogP contribution < -0.4 is 0 Å². The van der Waals surface area contributed by atoms with Crippen molar-refractivity contribution in [1.29, 1.82) is 0 Å². The molecule has 5 nitrogen and oxygen atoms in total. The third kappa shape index (κ3) is 4.45. The smallest absolute Gasteiger partial charge is 0.238 e. The Morgan fingerprint density at radius 2 is 0.880 bits per heavy atom. The predicted molar refractivity (Wildman–Crippen MR) is 205 cm³/mol. The molecule has 0 saturated heterocycles. The van der Waals surface area contributed by atoms with Crippen molar-refractivity contribution in [2.24, 2.45) is 0 Å². The monoisotopic (exact) mass is 649 g/mol. The van der Waals surface area contributed by atoms with Gasteiger partial charge in [-0.1, -0.05) is 151 Å². The molecule has 0 bridgehead atoms. The molecule has 0 unspecified atom stereocenters. The van der Waals surface area contributed by atoms with Crippen LogP contribution in [0.1, 0.15) is 13.7 Å². The van der Waals surface area contributed by atoms with Gasteiger partial charge in [0.25, 0.3) is 0 Å². The molecule has 0 fully saturated rings. The average molecular weight is 650 g/mol. The summed E-state index contributed by atoms with van der Waals surface area (Å²) in [4.78, 5) is 14.7.